The minimum absolute atomic E-state index is 0. The molecule has 1 saturated heterocycles. The molecule has 2 nitrogen and oxygen atoms in total. The molecule has 0 aliphatic carbocycles. The summed E-state index contributed by atoms with van der Waals surface area (Å²) in [5.41, 5.74) is 2.80. The Morgan fingerprint density at radius 1 is 1.31 bits per heavy atom. The van der Waals surface area contributed by atoms with Crippen molar-refractivity contribution in [2.45, 2.75) is 12.5 Å². The molecule has 0 bridgehead atoms. The maximum atomic E-state index is 6.31. The largest absolute Gasteiger partial charge is 0.314 e. The number of hydrogen-bond donors (Lipinski definition) is 1. The summed E-state index contributed by atoms with van der Waals surface area (Å²) >= 11 is 6.31. The van der Waals surface area contributed by atoms with Crippen LogP contribution in [0.25, 0.3) is 0 Å². The fourth-order valence-corrected chi connectivity index (χ4v) is 3.06. The summed E-state index contributed by atoms with van der Waals surface area (Å²) in [4.78, 5) is 2.55. The summed E-state index contributed by atoms with van der Waals surface area (Å²) in [5, 5.41) is 4.39. The molecule has 1 fully saturated rings. The topological polar surface area (TPSA) is 15.3 Å². The third-order valence-electron chi connectivity index (χ3n) is 3.50. The maximum Gasteiger partial charge on any atom is 0.0490 e. The van der Waals surface area contributed by atoms with Crippen LogP contribution in [0.4, 0.5) is 0 Å². The van der Waals surface area contributed by atoms with Crippen LogP contribution in [0.1, 0.15) is 17.2 Å². The second-order valence-corrected chi connectivity index (χ2v) is 4.73. The molecule has 1 aromatic rings. The maximum absolute atomic E-state index is 6.31. The zero-order valence-corrected chi connectivity index (χ0v) is 10.7. The highest BCUT2D eigenvalue weighted by atomic mass is 35.5. The van der Waals surface area contributed by atoms with E-state index in [1.807, 2.05) is 6.07 Å². The quantitative estimate of drug-likeness (QED) is 0.768. The van der Waals surface area contributed by atoms with Crippen LogP contribution in [0.5, 0.6) is 0 Å². The van der Waals surface area contributed by atoms with Crippen LogP contribution < -0.4 is 5.32 Å². The normalized spacial score (nSPS) is 24.2. The van der Waals surface area contributed by atoms with Gasteiger partial charge in [-0.15, -0.1) is 12.4 Å². The molecule has 2 aliphatic heterocycles. The number of piperazine rings is 1. The first kappa shape index (κ1) is 12.2. The molecule has 1 N–H and O–H groups in total. The van der Waals surface area contributed by atoms with Crippen molar-refractivity contribution < 1.29 is 0 Å². The van der Waals surface area contributed by atoms with Gasteiger partial charge in [-0.25, -0.2) is 0 Å². The number of rotatable bonds is 0. The van der Waals surface area contributed by atoms with E-state index in [2.05, 4.69) is 22.3 Å². The molecule has 0 radical (unpaired) electrons. The van der Waals surface area contributed by atoms with Crippen molar-refractivity contribution in [2.75, 3.05) is 26.2 Å². The van der Waals surface area contributed by atoms with E-state index in [1.54, 1.807) is 0 Å². The summed E-state index contributed by atoms with van der Waals surface area (Å²) in [6, 6.07) is 6.79. The molecule has 3 rings (SSSR count). The van der Waals surface area contributed by atoms with E-state index < -0.39 is 0 Å². The third-order valence-corrected chi connectivity index (χ3v) is 3.83. The second-order valence-electron chi connectivity index (χ2n) is 4.32. The minimum atomic E-state index is 0. The predicted octanol–water partition coefficient (Wildman–Crippen LogP) is 2.26. The van der Waals surface area contributed by atoms with Crippen LogP contribution in [0.2, 0.25) is 5.02 Å². The van der Waals surface area contributed by atoms with E-state index in [0.29, 0.717) is 6.04 Å². The molecular weight excluding hydrogens is 243 g/mol. The molecule has 0 aromatic heterocycles. The van der Waals surface area contributed by atoms with Crippen LogP contribution in [0.15, 0.2) is 18.2 Å². The lowest BCUT2D eigenvalue weighted by Gasteiger charge is -2.41. The van der Waals surface area contributed by atoms with Gasteiger partial charge in [0.05, 0.1) is 0 Å². The van der Waals surface area contributed by atoms with Gasteiger partial charge in [0, 0.05) is 37.2 Å². The highest BCUT2D eigenvalue weighted by Gasteiger charge is 2.30. The molecule has 1 atom stereocenters. The van der Waals surface area contributed by atoms with Crippen molar-refractivity contribution in [1.82, 2.24) is 10.2 Å². The number of halogens is 2. The molecule has 2 aliphatic rings. The summed E-state index contributed by atoms with van der Waals surface area (Å²) < 4.78 is 0. The summed E-state index contributed by atoms with van der Waals surface area (Å²) in [5.74, 6) is 0. The highest BCUT2D eigenvalue weighted by molar-refractivity contribution is 6.31. The van der Waals surface area contributed by atoms with E-state index in [1.165, 1.54) is 17.7 Å². The number of hydrogen-bond acceptors (Lipinski definition) is 2. The Morgan fingerprint density at radius 3 is 3.06 bits per heavy atom. The number of fused-ring (bicyclic) bond motifs is 3. The van der Waals surface area contributed by atoms with Gasteiger partial charge in [0.15, 0.2) is 0 Å². The molecule has 4 heteroatoms. The van der Waals surface area contributed by atoms with Gasteiger partial charge in [-0.3, -0.25) is 4.90 Å². The summed E-state index contributed by atoms with van der Waals surface area (Å²) in [6.07, 6.45) is 1.15. The van der Waals surface area contributed by atoms with E-state index >= 15 is 0 Å². The fourth-order valence-electron chi connectivity index (χ4n) is 2.74. The Hall–Kier alpha value is -0.280. The Morgan fingerprint density at radius 2 is 2.19 bits per heavy atom. The zero-order chi connectivity index (χ0) is 10.3. The molecule has 16 heavy (non-hydrogen) atoms. The van der Waals surface area contributed by atoms with Gasteiger partial charge < -0.3 is 5.32 Å². The standard InChI is InChI=1S/C12H15ClN2.ClH/c13-10-3-1-2-9-4-6-15-7-5-14-8-11(15)12(9)10;/h1-3,11,14H,4-8H2;1H. The summed E-state index contributed by atoms with van der Waals surface area (Å²) in [7, 11) is 0. The van der Waals surface area contributed by atoms with Crippen molar-refractivity contribution in [3.63, 3.8) is 0 Å². The van der Waals surface area contributed by atoms with E-state index in [9.17, 15) is 0 Å². The number of benzene rings is 1. The molecule has 0 saturated carbocycles. The average Bonchev–Trinajstić information content (AvgIpc) is 2.29. The first-order chi connectivity index (χ1) is 7.36. The van der Waals surface area contributed by atoms with Crippen LogP contribution in [0.3, 0.4) is 0 Å². The van der Waals surface area contributed by atoms with Gasteiger partial charge in [0.2, 0.25) is 0 Å². The molecule has 88 valence electrons. The third kappa shape index (κ3) is 1.95. The molecule has 1 unspecified atom stereocenters. The van der Waals surface area contributed by atoms with E-state index in [4.69, 9.17) is 11.6 Å². The first-order valence-corrected chi connectivity index (χ1v) is 5.96. The second kappa shape index (κ2) is 4.92. The SMILES string of the molecule is Cl.Clc1cccc2c1C1CNCCN1CC2. The molecule has 1 aromatic carbocycles. The van der Waals surface area contributed by atoms with Crippen LogP contribution >= 0.6 is 24.0 Å². The average molecular weight is 259 g/mol. The first-order valence-electron chi connectivity index (χ1n) is 5.58. The van der Waals surface area contributed by atoms with Crippen LogP contribution in [-0.2, 0) is 6.42 Å². The smallest absolute Gasteiger partial charge is 0.0490 e. The fraction of sp³-hybridized carbons (Fsp3) is 0.500. The van der Waals surface area contributed by atoms with Crippen LogP contribution in [0, 0.1) is 0 Å². The highest BCUT2D eigenvalue weighted by Crippen LogP contribution is 2.35. The molecule has 0 amide bonds. The number of nitrogens with one attached hydrogen (secondary N) is 1. The van der Waals surface area contributed by atoms with Crippen LogP contribution in [-0.4, -0.2) is 31.1 Å². The minimum Gasteiger partial charge on any atom is -0.314 e. The van der Waals surface area contributed by atoms with Crippen molar-refractivity contribution in [2.24, 2.45) is 0 Å². The van der Waals surface area contributed by atoms with E-state index in [0.717, 1.165) is 31.1 Å². The monoisotopic (exact) mass is 258 g/mol. The van der Waals surface area contributed by atoms with Gasteiger partial charge in [0.25, 0.3) is 0 Å². The van der Waals surface area contributed by atoms with Crippen molar-refractivity contribution in [1.29, 1.82) is 0 Å². The lowest BCUT2D eigenvalue weighted by Crippen LogP contribution is -2.49. The molecule has 0 spiro atoms. The van der Waals surface area contributed by atoms with Crippen molar-refractivity contribution in [3.05, 3.63) is 34.3 Å². The Labute approximate surface area is 107 Å². The lowest BCUT2D eigenvalue weighted by molar-refractivity contribution is 0.152. The molecule has 2 heterocycles. The van der Waals surface area contributed by atoms with E-state index in [-0.39, 0.29) is 12.4 Å². The van der Waals surface area contributed by atoms with Gasteiger partial charge >= 0.3 is 0 Å². The van der Waals surface area contributed by atoms with Crippen molar-refractivity contribution >= 4 is 24.0 Å². The molecular formula is C12H16Cl2N2. The van der Waals surface area contributed by atoms with Gasteiger partial charge in [0.1, 0.15) is 0 Å². The Bertz CT molecular complexity index is 381. The predicted molar refractivity (Wildman–Crippen MR) is 69.6 cm³/mol. The number of nitrogens with zero attached hydrogens (tertiary/aromatic N) is 1. The summed E-state index contributed by atoms with van der Waals surface area (Å²) in [6.45, 7) is 4.47. The Balaban J connectivity index is 0.000000963. The van der Waals surface area contributed by atoms with Crippen molar-refractivity contribution in [3.8, 4) is 0 Å². The van der Waals surface area contributed by atoms with Gasteiger partial charge in [-0.2, -0.15) is 0 Å². The zero-order valence-electron chi connectivity index (χ0n) is 9.08. The van der Waals surface area contributed by atoms with Gasteiger partial charge in [-0.05, 0) is 23.6 Å². The Kier molecular flexibility index (Phi) is 3.75. The lowest BCUT2D eigenvalue weighted by atomic mass is 9.91. The van der Waals surface area contributed by atoms with Gasteiger partial charge in [-0.1, -0.05) is 23.7 Å².